The summed E-state index contributed by atoms with van der Waals surface area (Å²) in [4.78, 5) is 4.82. The van der Waals surface area contributed by atoms with Crippen LogP contribution in [0.15, 0.2) is 54.6 Å². The Morgan fingerprint density at radius 2 is 1.40 bits per heavy atom. The summed E-state index contributed by atoms with van der Waals surface area (Å²) >= 11 is 0. The van der Waals surface area contributed by atoms with E-state index in [9.17, 15) is 0 Å². The van der Waals surface area contributed by atoms with Crippen molar-refractivity contribution in [1.29, 1.82) is 0 Å². The maximum atomic E-state index is 5.99. The Balaban J connectivity index is 1.35. The van der Waals surface area contributed by atoms with E-state index in [1.807, 2.05) is 6.07 Å². The normalized spacial score (nSPS) is 25.1. The van der Waals surface area contributed by atoms with E-state index in [2.05, 4.69) is 65.4 Å². The highest BCUT2D eigenvalue weighted by Gasteiger charge is 2.24. The van der Waals surface area contributed by atoms with Crippen LogP contribution in [-0.4, -0.2) is 51.3 Å². The third-order valence-corrected chi connectivity index (χ3v) is 5.20. The number of ether oxygens (including phenoxy) is 2. The van der Waals surface area contributed by atoms with Crippen LogP contribution in [0.4, 0.5) is 5.69 Å². The van der Waals surface area contributed by atoms with E-state index in [1.54, 1.807) is 0 Å². The van der Waals surface area contributed by atoms with Crippen molar-refractivity contribution in [2.24, 2.45) is 0 Å². The second-order valence-corrected chi connectivity index (χ2v) is 6.99. The summed E-state index contributed by atoms with van der Waals surface area (Å²) in [6.07, 6.45) is -0.249. The van der Waals surface area contributed by atoms with Crippen LogP contribution in [0.1, 0.15) is 23.3 Å². The first-order valence-corrected chi connectivity index (χ1v) is 9.11. The van der Waals surface area contributed by atoms with Crippen LogP contribution < -0.4 is 4.90 Å². The number of anilines is 1. The van der Waals surface area contributed by atoms with E-state index in [0.717, 1.165) is 31.7 Å². The molecule has 0 aliphatic carbocycles. The molecule has 4 heteroatoms. The van der Waals surface area contributed by atoms with Crippen LogP contribution in [0, 0.1) is 0 Å². The predicted octanol–water partition coefficient (Wildman–Crippen LogP) is 3.27. The molecule has 2 heterocycles. The molecule has 0 aromatic heterocycles. The summed E-state index contributed by atoms with van der Waals surface area (Å²) in [6, 6.07) is 19.1. The van der Waals surface area contributed by atoms with Crippen molar-refractivity contribution in [3.63, 3.8) is 0 Å². The van der Waals surface area contributed by atoms with Gasteiger partial charge in [-0.15, -0.1) is 0 Å². The Morgan fingerprint density at radius 3 is 2.04 bits per heavy atom. The number of hydrogen-bond donors (Lipinski definition) is 0. The van der Waals surface area contributed by atoms with Gasteiger partial charge in [0.1, 0.15) is 0 Å². The second kappa shape index (κ2) is 7.56. The third-order valence-electron chi connectivity index (χ3n) is 5.20. The number of nitrogens with zero attached hydrogens (tertiary/aromatic N) is 2. The number of benzene rings is 2. The highest BCUT2D eigenvalue weighted by Crippen LogP contribution is 2.30. The first-order chi connectivity index (χ1) is 12.3. The van der Waals surface area contributed by atoms with E-state index in [0.29, 0.717) is 19.1 Å². The first kappa shape index (κ1) is 16.6. The predicted molar refractivity (Wildman–Crippen MR) is 100.0 cm³/mol. The van der Waals surface area contributed by atoms with Crippen molar-refractivity contribution in [3.8, 4) is 0 Å². The SMILES string of the molecule is CN1CCN(c2ccc(C3OCC(c4ccccc4)CO3)cc2)CC1. The van der Waals surface area contributed by atoms with Gasteiger partial charge < -0.3 is 19.3 Å². The smallest absolute Gasteiger partial charge is 0.183 e. The lowest BCUT2D eigenvalue weighted by Gasteiger charge is -2.34. The molecule has 132 valence electrons. The van der Waals surface area contributed by atoms with Crippen molar-refractivity contribution in [2.45, 2.75) is 12.2 Å². The minimum atomic E-state index is -0.249. The molecular weight excluding hydrogens is 312 g/mol. The largest absolute Gasteiger partial charge is 0.369 e. The third kappa shape index (κ3) is 3.87. The maximum Gasteiger partial charge on any atom is 0.183 e. The molecule has 2 aromatic rings. The minimum absolute atomic E-state index is 0.249. The Labute approximate surface area is 150 Å². The number of hydrogen-bond acceptors (Lipinski definition) is 4. The highest BCUT2D eigenvalue weighted by atomic mass is 16.7. The monoisotopic (exact) mass is 338 g/mol. The Bertz CT molecular complexity index is 658. The van der Waals surface area contributed by atoms with Crippen LogP contribution in [-0.2, 0) is 9.47 Å². The van der Waals surface area contributed by atoms with Gasteiger partial charge in [-0.25, -0.2) is 0 Å². The second-order valence-electron chi connectivity index (χ2n) is 6.99. The molecular formula is C21H26N2O2. The Hall–Kier alpha value is -1.88. The van der Waals surface area contributed by atoms with Gasteiger partial charge in [0.05, 0.1) is 13.2 Å². The van der Waals surface area contributed by atoms with E-state index in [-0.39, 0.29) is 6.29 Å². The van der Waals surface area contributed by atoms with E-state index >= 15 is 0 Å². The minimum Gasteiger partial charge on any atom is -0.369 e. The summed E-state index contributed by atoms with van der Waals surface area (Å²) in [6.45, 7) is 5.83. The van der Waals surface area contributed by atoms with Crippen LogP contribution in [0.5, 0.6) is 0 Å². The van der Waals surface area contributed by atoms with Crippen molar-refractivity contribution < 1.29 is 9.47 Å². The molecule has 0 unspecified atom stereocenters. The average Bonchev–Trinajstić information content (AvgIpc) is 2.70. The molecule has 0 radical (unpaired) electrons. The molecule has 4 rings (SSSR count). The van der Waals surface area contributed by atoms with Gasteiger partial charge in [0.2, 0.25) is 0 Å². The van der Waals surface area contributed by atoms with Gasteiger partial charge in [0, 0.05) is 43.3 Å². The number of rotatable bonds is 3. The van der Waals surface area contributed by atoms with Gasteiger partial charge in [0.25, 0.3) is 0 Å². The molecule has 2 saturated heterocycles. The fourth-order valence-electron chi connectivity index (χ4n) is 3.52. The molecule has 0 bridgehead atoms. The van der Waals surface area contributed by atoms with E-state index in [4.69, 9.17) is 9.47 Å². The zero-order valence-corrected chi connectivity index (χ0v) is 14.8. The van der Waals surface area contributed by atoms with Crippen LogP contribution in [0.3, 0.4) is 0 Å². The standard InChI is InChI=1S/C21H26N2O2/c1-22-11-13-23(14-12-22)20-9-7-18(8-10-20)21-24-15-19(16-25-21)17-5-3-2-4-6-17/h2-10,19,21H,11-16H2,1H3. The fraction of sp³-hybridized carbons (Fsp3) is 0.429. The van der Waals surface area contributed by atoms with Gasteiger partial charge in [-0.3, -0.25) is 0 Å². The molecule has 25 heavy (non-hydrogen) atoms. The molecule has 0 N–H and O–H groups in total. The molecule has 0 saturated carbocycles. The molecule has 0 amide bonds. The number of piperazine rings is 1. The molecule has 2 fully saturated rings. The summed E-state index contributed by atoms with van der Waals surface area (Å²) in [5, 5.41) is 0. The summed E-state index contributed by atoms with van der Waals surface area (Å²) < 4.78 is 12.0. The first-order valence-electron chi connectivity index (χ1n) is 9.11. The molecule has 2 aliphatic rings. The zero-order valence-electron chi connectivity index (χ0n) is 14.8. The van der Waals surface area contributed by atoms with Gasteiger partial charge in [0.15, 0.2) is 6.29 Å². The van der Waals surface area contributed by atoms with Gasteiger partial charge in [-0.1, -0.05) is 42.5 Å². The lowest BCUT2D eigenvalue weighted by molar-refractivity contribution is -0.191. The topological polar surface area (TPSA) is 24.9 Å². The molecule has 4 nitrogen and oxygen atoms in total. The Kier molecular flexibility index (Phi) is 5.02. The Morgan fingerprint density at radius 1 is 0.760 bits per heavy atom. The van der Waals surface area contributed by atoms with Gasteiger partial charge in [-0.2, -0.15) is 0 Å². The molecule has 2 aromatic carbocycles. The van der Waals surface area contributed by atoms with Crippen molar-refractivity contribution in [2.75, 3.05) is 51.3 Å². The maximum absolute atomic E-state index is 5.99. The van der Waals surface area contributed by atoms with Crippen molar-refractivity contribution >= 4 is 5.69 Å². The molecule has 0 spiro atoms. The molecule has 0 atom stereocenters. The highest BCUT2D eigenvalue weighted by molar-refractivity contribution is 5.48. The molecule has 2 aliphatic heterocycles. The zero-order chi connectivity index (χ0) is 17.1. The quantitative estimate of drug-likeness (QED) is 0.858. The fourth-order valence-corrected chi connectivity index (χ4v) is 3.52. The van der Waals surface area contributed by atoms with Crippen LogP contribution in [0.2, 0.25) is 0 Å². The van der Waals surface area contributed by atoms with Crippen LogP contribution >= 0.6 is 0 Å². The number of likely N-dealkylation sites (N-methyl/N-ethyl adjacent to an activating group) is 1. The summed E-state index contributed by atoms with van der Waals surface area (Å²) in [7, 11) is 2.18. The van der Waals surface area contributed by atoms with Crippen LogP contribution in [0.25, 0.3) is 0 Å². The van der Waals surface area contributed by atoms with E-state index in [1.165, 1.54) is 11.3 Å². The summed E-state index contributed by atoms with van der Waals surface area (Å²) in [5.41, 5.74) is 3.67. The van der Waals surface area contributed by atoms with Gasteiger partial charge >= 0.3 is 0 Å². The van der Waals surface area contributed by atoms with Crippen molar-refractivity contribution in [1.82, 2.24) is 4.90 Å². The average molecular weight is 338 g/mol. The lowest BCUT2D eigenvalue weighted by atomic mass is 10.0. The van der Waals surface area contributed by atoms with E-state index < -0.39 is 0 Å². The lowest BCUT2D eigenvalue weighted by Crippen LogP contribution is -2.44. The van der Waals surface area contributed by atoms with Crippen molar-refractivity contribution in [3.05, 3.63) is 65.7 Å². The van der Waals surface area contributed by atoms with Gasteiger partial charge in [-0.05, 0) is 24.7 Å². The summed E-state index contributed by atoms with van der Waals surface area (Å²) in [5.74, 6) is 0.321.